The van der Waals surface area contributed by atoms with Crippen LogP contribution in [0.3, 0.4) is 0 Å². The van der Waals surface area contributed by atoms with E-state index in [0.717, 1.165) is 10.0 Å². The van der Waals surface area contributed by atoms with Gasteiger partial charge in [-0.05, 0) is 30.2 Å². The normalized spacial score (nSPS) is 12.6. The second kappa shape index (κ2) is 7.25. The third kappa shape index (κ3) is 5.15. The molecular formula is C13H16BrNO2. The molecule has 0 aliphatic carbocycles. The highest BCUT2D eigenvalue weighted by atomic mass is 79.9. The number of aliphatic hydroxyl groups is 1. The highest BCUT2D eigenvalue weighted by molar-refractivity contribution is 9.10. The molecule has 1 amide bonds. The van der Waals surface area contributed by atoms with Crippen molar-refractivity contribution in [2.45, 2.75) is 19.4 Å². The quantitative estimate of drug-likeness (QED) is 0.820. The smallest absolute Gasteiger partial charge is 0.244 e. The lowest BCUT2D eigenvalue weighted by molar-refractivity contribution is -0.117. The third-order valence-electron chi connectivity index (χ3n) is 2.34. The summed E-state index contributed by atoms with van der Waals surface area (Å²) in [5.74, 6) is -0.189. The Morgan fingerprint density at radius 3 is 2.94 bits per heavy atom. The Hall–Kier alpha value is -1.13. The summed E-state index contributed by atoms with van der Waals surface area (Å²) in [5, 5.41) is 11.7. The number of hydrogen-bond acceptors (Lipinski definition) is 2. The van der Waals surface area contributed by atoms with Gasteiger partial charge in [-0.2, -0.15) is 0 Å². The van der Waals surface area contributed by atoms with E-state index in [4.69, 9.17) is 5.11 Å². The molecule has 0 unspecified atom stereocenters. The van der Waals surface area contributed by atoms with Crippen molar-refractivity contribution in [1.82, 2.24) is 5.32 Å². The Bertz CT molecular complexity index is 400. The fourth-order valence-corrected chi connectivity index (χ4v) is 1.73. The van der Waals surface area contributed by atoms with E-state index in [0.29, 0.717) is 6.42 Å². The van der Waals surface area contributed by atoms with Gasteiger partial charge in [-0.25, -0.2) is 0 Å². The summed E-state index contributed by atoms with van der Waals surface area (Å²) >= 11 is 3.36. The number of hydrogen-bond donors (Lipinski definition) is 2. The van der Waals surface area contributed by atoms with Crippen LogP contribution in [-0.4, -0.2) is 23.7 Å². The van der Waals surface area contributed by atoms with E-state index in [-0.39, 0.29) is 18.6 Å². The molecule has 0 saturated heterocycles. The minimum Gasteiger partial charge on any atom is -0.394 e. The van der Waals surface area contributed by atoms with Crippen LogP contribution in [0, 0.1) is 0 Å². The summed E-state index contributed by atoms with van der Waals surface area (Å²) in [6.07, 6.45) is 3.93. The van der Waals surface area contributed by atoms with E-state index >= 15 is 0 Å². The number of amides is 1. The predicted octanol–water partition coefficient (Wildman–Crippen LogP) is 2.35. The van der Waals surface area contributed by atoms with Gasteiger partial charge in [0.15, 0.2) is 0 Å². The van der Waals surface area contributed by atoms with Gasteiger partial charge in [0.2, 0.25) is 5.91 Å². The number of aliphatic hydroxyl groups excluding tert-OH is 1. The molecule has 1 rings (SSSR count). The second-order valence-electron chi connectivity index (χ2n) is 3.68. The molecule has 2 N–H and O–H groups in total. The van der Waals surface area contributed by atoms with Crippen LogP contribution >= 0.6 is 15.9 Å². The molecule has 0 aliphatic rings. The van der Waals surface area contributed by atoms with Crippen LogP contribution in [0.4, 0.5) is 0 Å². The SMILES string of the molecule is CC[C@H](CO)NC(=O)/C=C/c1cccc(Br)c1. The standard InChI is InChI=1S/C13H16BrNO2/c1-2-12(9-16)15-13(17)7-6-10-4-3-5-11(14)8-10/h3-8,12,16H,2,9H2,1H3,(H,15,17)/b7-6+/t12-/m1/s1. The highest BCUT2D eigenvalue weighted by Crippen LogP contribution is 2.12. The molecule has 1 aromatic rings. The lowest BCUT2D eigenvalue weighted by Crippen LogP contribution is -2.35. The van der Waals surface area contributed by atoms with Gasteiger partial charge in [0.1, 0.15) is 0 Å². The Labute approximate surface area is 110 Å². The van der Waals surface area contributed by atoms with Crippen molar-refractivity contribution in [2.75, 3.05) is 6.61 Å². The number of carbonyl (C=O) groups excluding carboxylic acids is 1. The molecule has 0 fully saturated rings. The average Bonchev–Trinajstić information content (AvgIpc) is 2.33. The number of carbonyl (C=O) groups is 1. The Kier molecular flexibility index (Phi) is 5.94. The first kappa shape index (κ1) is 13.9. The summed E-state index contributed by atoms with van der Waals surface area (Å²) in [6.45, 7) is 1.88. The summed E-state index contributed by atoms with van der Waals surface area (Å²) in [6, 6.07) is 7.50. The zero-order valence-corrected chi connectivity index (χ0v) is 11.3. The van der Waals surface area contributed by atoms with Crippen molar-refractivity contribution in [2.24, 2.45) is 0 Å². The first-order valence-corrected chi connectivity index (χ1v) is 6.30. The molecule has 17 heavy (non-hydrogen) atoms. The summed E-state index contributed by atoms with van der Waals surface area (Å²) < 4.78 is 0.974. The zero-order chi connectivity index (χ0) is 12.7. The zero-order valence-electron chi connectivity index (χ0n) is 9.69. The van der Waals surface area contributed by atoms with Crippen LogP contribution < -0.4 is 5.32 Å². The Balaban J connectivity index is 2.56. The van der Waals surface area contributed by atoms with Gasteiger partial charge in [0, 0.05) is 10.5 Å². The number of rotatable bonds is 5. The second-order valence-corrected chi connectivity index (χ2v) is 4.60. The monoisotopic (exact) mass is 297 g/mol. The summed E-state index contributed by atoms with van der Waals surface area (Å²) in [4.78, 5) is 11.5. The van der Waals surface area contributed by atoms with E-state index < -0.39 is 0 Å². The van der Waals surface area contributed by atoms with E-state index in [1.807, 2.05) is 31.2 Å². The average molecular weight is 298 g/mol. The van der Waals surface area contributed by atoms with Crippen molar-refractivity contribution in [3.8, 4) is 0 Å². The van der Waals surface area contributed by atoms with Crippen molar-refractivity contribution < 1.29 is 9.90 Å². The third-order valence-corrected chi connectivity index (χ3v) is 2.83. The fraction of sp³-hybridized carbons (Fsp3) is 0.308. The molecule has 3 nitrogen and oxygen atoms in total. The van der Waals surface area contributed by atoms with Crippen molar-refractivity contribution in [3.63, 3.8) is 0 Å². The maximum Gasteiger partial charge on any atom is 0.244 e. The highest BCUT2D eigenvalue weighted by Gasteiger charge is 2.05. The van der Waals surface area contributed by atoms with Crippen LogP contribution in [0.2, 0.25) is 0 Å². The van der Waals surface area contributed by atoms with Crippen molar-refractivity contribution in [3.05, 3.63) is 40.4 Å². The maximum absolute atomic E-state index is 11.5. The van der Waals surface area contributed by atoms with Gasteiger partial charge in [0.25, 0.3) is 0 Å². The first-order valence-electron chi connectivity index (χ1n) is 5.50. The molecule has 0 aromatic heterocycles. The molecule has 0 aliphatic heterocycles. The van der Waals surface area contributed by atoms with E-state index in [2.05, 4.69) is 21.2 Å². The van der Waals surface area contributed by atoms with Crippen LogP contribution in [0.25, 0.3) is 6.08 Å². The first-order chi connectivity index (χ1) is 8.15. The number of benzene rings is 1. The molecule has 0 spiro atoms. The van der Waals surface area contributed by atoms with Crippen molar-refractivity contribution in [1.29, 1.82) is 0 Å². The van der Waals surface area contributed by atoms with Gasteiger partial charge in [0.05, 0.1) is 12.6 Å². The fourth-order valence-electron chi connectivity index (χ4n) is 1.31. The van der Waals surface area contributed by atoms with Crippen LogP contribution in [0.5, 0.6) is 0 Å². The van der Waals surface area contributed by atoms with Crippen LogP contribution in [-0.2, 0) is 4.79 Å². The summed E-state index contributed by atoms with van der Waals surface area (Å²) in [7, 11) is 0. The van der Waals surface area contributed by atoms with Crippen LogP contribution in [0.15, 0.2) is 34.8 Å². The minimum absolute atomic E-state index is 0.0348. The molecule has 0 heterocycles. The van der Waals surface area contributed by atoms with Gasteiger partial charge < -0.3 is 10.4 Å². The minimum atomic E-state index is -0.189. The van der Waals surface area contributed by atoms with Crippen LogP contribution in [0.1, 0.15) is 18.9 Å². The molecule has 0 saturated carbocycles. The molecule has 1 aromatic carbocycles. The van der Waals surface area contributed by atoms with Gasteiger partial charge >= 0.3 is 0 Å². The van der Waals surface area contributed by atoms with Gasteiger partial charge in [-0.1, -0.05) is 35.0 Å². The number of nitrogens with one attached hydrogen (secondary N) is 1. The molecule has 1 atom stereocenters. The largest absolute Gasteiger partial charge is 0.394 e. The molecule has 0 radical (unpaired) electrons. The topological polar surface area (TPSA) is 49.3 Å². The van der Waals surface area contributed by atoms with E-state index in [1.165, 1.54) is 6.08 Å². The number of halogens is 1. The lowest BCUT2D eigenvalue weighted by atomic mass is 10.2. The summed E-state index contributed by atoms with van der Waals surface area (Å²) in [5.41, 5.74) is 0.951. The lowest BCUT2D eigenvalue weighted by Gasteiger charge is -2.11. The molecular weight excluding hydrogens is 282 g/mol. The van der Waals surface area contributed by atoms with E-state index in [9.17, 15) is 4.79 Å². The van der Waals surface area contributed by atoms with Gasteiger partial charge in [-0.15, -0.1) is 0 Å². The Morgan fingerprint density at radius 2 is 2.35 bits per heavy atom. The van der Waals surface area contributed by atoms with Gasteiger partial charge in [-0.3, -0.25) is 4.79 Å². The Morgan fingerprint density at radius 1 is 1.59 bits per heavy atom. The van der Waals surface area contributed by atoms with E-state index in [1.54, 1.807) is 6.08 Å². The maximum atomic E-state index is 11.5. The molecule has 0 bridgehead atoms. The van der Waals surface area contributed by atoms with Crippen molar-refractivity contribution >= 4 is 27.9 Å². The molecule has 92 valence electrons. The molecule has 4 heteroatoms. The predicted molar refractivity (Wildman–Crippen MR) is 72.5 cm³/mol.